The molecule has 1 amide bonds. The van der Waals surface area contributed by atoms with E-state index in [1.54, 1.807) is 19.1 Å². The second kappa shape index (κ2) is 9.17. The third-order valence-corrected chi connectivity index (χ3v) is 5.37. The number of hydrogen-bond acceptors (Lipinski definition) is 6. The number of ether oxygens (including phenoxy) is 1. The van der Waals surface area contributed by atoms with E-state index >= 15 is 0 Å². The fourth-order valence-electron chi connectivity index (χ4n) is 3.13. The summed E-state index contributed by atoms with van der Waals surface area (Å²) < 4.78 is 23.9. The average molecular weight is 488 g/mol. The Labute approximate surface area is 197 Å². The molecule has 0 aliphatic heterocycles. The number of esters is 1. The minimum Gasteiger partial charge on any atom is -0.449 e. The first-order chi connectivity index (χ1) is 15.7. The lowest BCUT2D eigenvalue weighted by molar-refractivity contribution is -0.123. The number of carbonyl (C=O) groups excluding carboxylic acids is 2. The SMILES string of the molecule is Cc1noc2nc(-c3ccc(F)cc3)cc(C(=O)OC(C)C(=O)Nc3ccc(Cl)cc3Cl)c12. The average Bonchev–Trinajstić information content (AvgIpc) is 3.16. The lowest BCUT2D eigenvalue weighted by Gasteiger charge is -2.15. The lowest BCUT2D eigenvalue weighted by Crippen LogP contribution is -2.30. The predicted molar refractivity (Wildman–Crippen MR) is 122 cm³/mol. The fraction of sp³-hybridized carbons (Fsp3) is 0.130. The maximum Gasteiger partial charge on any atom is 0.339 e. The molecule has 10 heteroatoms. The molecular formula is C23H16Cl2FN3O4. The highest BCUT2D eigenvalue weighted by atomic mass is 35.5. The van der Waals surface area contributed by atoms with E-state index in [-0.39, 0.29) is 16.3 Å². The van der Waals surface area contributed by atoms with Gasteiger partial charge in [-0.3, -0.25) is 4.79 Å². The van der Waals surface area contributed by atoms with Crippen molar-refractivity contribution in [2.75, 3.05) is 5.32 Å². The molecular weight excluding hydrogens is 472 g/mol. The van der Waals surface area contributed by atoms with E-state index in [0.717, 1.165) is 0 Å². The van der Waals surface area contributed by atoms with Crippen LogP contribution in [0.3, 0.4) is 0 Å². The topological polar surface area (TPSA) is 94.3 Å². The van der Waals surface area contributed by atoms with Crippen molar-refractivity contribution in [3.63, 3.8) is 0 Å². The molecule has 33 heavy (non-hydrogen) atoms. The summed E-state index contributed by atoms with van der Waals surface area (Å²) in [5.41, 5.74) is 1.91. The summed E-state index contributed by atoms with van der Waals surface area (Å²) in [7, 11) is 0. The summed E-state index contributed by atoms with van der Waals surface area (Å²) in [6, 6.07) is 11.7. The summed E-state index contributed by atoms with van der Waals surface area (Å²) in [4.78, 5) is 29.9. The van der Waals surface area contributed by atoms with Gasteiger partial charge in [0.2, 0.25) is 0 Å². The third kappa shape index (κ3) is 4.81. The van der Waals surface area contributed by atoms with Crippen LogP contribution in [0.2, 0.25) is 10.0 Å². The van der Waals surface area contributed by atoms with Gasteiger partial charge in [0.15, 0.2) is 6.10 Å². The van der Waals surface area contributed by atoms with Crippen molar-refractivity contribution in [1.82, 2.24) is 10.1 Å². The van der Waals surface area contributed by atoms with E-state index in [1.165, 1.54) is 43.3 Å². The number of amides is 1. The number of anilines is 1. The molecule has 2 aromatic carbocycles. The van der Waals surface area contributed by atoms with E-state index < -0.39 is 23.8 Å². The van der Waals surface area contributed by atoms with Gasteiger partial charge in [0, 0.05) is 10.6 Å². The summed E-state index contributed by atoms with van der Waals surface area (Å²) in [6.45, 7) is 3.08. The predicted octanol–water partition coefficient (Wildman–Crippen LogP) is 5.83. The van der Waals surface area contributed by atoms with Gasteiger partial charge in [0.1, 0.15) is 5.82 Å². The van der Waals surface area contributed by atoms with Crippen molar-refractivity contribution < 1.29 is 23.2 Å². The molecule has 2 aromatic heterocycles. The van der Waals surface area contributed by atoms with Crippen molar-refractivity contribution in [2.24, 2.45) is 0 Å². The monoisotopic (exact) mass is 487 g/mol. The normalized spacial score (nSPS) is 11.9. The summed E-state index contributed by atoms with van der Waals surface area (Å²) in [5.74, 6) is -1.77. The molecule has 0 saturated carbocycles. The standard InChI is InChI=1S/C23H16Cl2FN3O4/c1-11-20-16(10-19(28-22(20)33-29-11)13-3-6-15(26)7-4-13)23(31)32-12(2)21(30)27-18-8-5-14(24)9-17(18)25/h3-10,12H,1-2H3,(H,27,30). The summed E-state index contributed by atoms with van der Waals surface area (Å²) >= 11 is 11.9. The van der Waals surface area contributed by atoms with E-state index in [1.807, 2.05) is 0 Å². The van der Waals surface area contributed by atoms with Gasteiger partial charge in [-0.1, -0.05) is 28.4 Å². The zero-order valence-electron chi connectivity index (χ0n) is 17.4. The molecule has 4 aromatic rings. The van der Waals surface area contributed by atoms with Crippen LogP contribution in [0.1, 0.15) is 23.0 Å². The number of benzene rings is 2. The largest absolute Gasteiger partial charge is 0.449 e. The highest BCUT2D eigenvalue weighted by Crippen LogP contribution is 2.29. The Morgan fingerprint density at radius 1 is 1.12 bits per heavy atom. The Hall–Kier alpha value is -3.49. The van der Waals surface area contributed by atoms with E-state index in [4.69, 9.17) is 32.5 Å². The van der Waals surface area contributed by atoms with Gasteiger partial charge in [0.25, 0.3) is 11.6 Å². The van der Waals surface area contributed by atoms with Gasteiger partial charge in [-0.05, 0) is 62.4 Å². The minimum absolute atomic E-state index is 0.113. The van der Waals surface area contributed by atoms with Crippen molar-refractivity contribution in [3.05, 3.63) is 75.7 Å². The van der Waals surface area contributed by atoms with Gasteiger partial charge in [-0.25, -0.2) is 14.2 Å². The van der Waals surface area contributed by atoms with Crippen molar-refractivity contribution >= 4 is 51.9 Å². The minimum atomic E-state index is -1.15. The molecule has 168 valence electrons. The Bertz CT molecular complexity index is 1370. The Morgan fingerprint density at radius 3 is 2.55 bits per heavy atom. The molecule has 4 rings (SSSR count). The molecule has 1 N–H and O–H groups in total. The van der Waals surface area contributed by atoms with Gasteiger partial charge in [-0.15, -0.1) is 0 Å². The Morgan fingerprint density at radius 2 is 1.85 bits per heavy atom. The Balaban J connectivity index is 1.61. The van der Waals surface area contributed by atoms with Crippen LogP contribution in [0.15, 0.2) is 53.1 Å². The lowest BCUT2D eigenvalue weighted by atomic mass is 10.1. The quantitative estimate of drug-likeness (QED) is 0.356. The fourth-order valence-corrected chi connectivity index (χ4v) is 3.58. The first-order valence-electron chi connectivity index (χ1n) is 9.73. The molecule has 0 aliphatic carbocycles. The molecule has 0 bridgehead atoms. The highest BCUT2D eigenvalue weighted by Gasteiger charge is 2.25. The maximum atomic E-state index is 13.3. The van der Waals surface area contributed by atoms with E-state index in [0.29, 0.717) is 33.0 Å². The number of aryl methyl sites for hydroxylation is 1. The van der Waals surface area contributed by atoms with Crippen molar-refractivity contribution in [2.45, 2.75) is 20.0 Å². The number of aromatic nitrogens is 2. The zero-order valence-corrected chi connectivity index (χ0v) is 18.9. The number of pyridine rings is 1. The molecule has 7 nitrogen and oxygen atoms in total. The number of nitrogens with one attached hydrogen (secondary N) is 1. The number of carbonyl (C=O) groups is 2. The van der Waals surface area contributed by atoms with Crippen LogP contribution < -0.4 is 5.32 Å². The number of hydrogen-bond donors (Lipinski definition) is 1. The summed E-state index contributed by atoms with van der Waals surface area (Å²) in [5, 5.41) is 7.48. The van der Waals surface area contributed by atoms with E-state index in [9.17, 15) is 14.0 Å². The molecule has 1 atom stereocenters. The van der Waals surface area contributed by atoms with Crippen LogP contribution in [0.4, 0.5) is 10.1 Å². The van der Waals surface area contributed by atoms with Gasteiger partial charge >= 0.3 is 5.97 Å². The molecule has 1 unspecified atom stereocenters. The number of fused-ring (bicyclic) bond motifs is 1. The second-order valence-electron chi connectivity index (χ2n) is 7.17. The van der Waals surface area contributed by atoms with Crippen LogP contribution in [-0.2, 0) is 9.53 Å². The first-order valence-corrected chi connectivity index (χ1v) is 10.5. The molecule has 0 aliphatic rings. The number of nitrogens with zero attached hydrogens (tertiary/aromatic N) is 2. The van der Waals surface area contributed by atoms with Crippen LogP contribution in [0.5, 0.6) is 0 Å². The van der Waals surface area contributed by atoms with Gasteiger partial charge in [-0.2, -0.15) is 0 Å². The van der Waals surface area contributed by atoms with Crippen LogP contribution in [0.25, 0.3) is 22.4 Å². The molecule has 0 spiro atoms. The van der Waals surface area contributed by atoms with Crippen molar-refractivity contribution in [1.29, 1.82) is 0 Å². The highest BCUT2D eigenvalue weighted by molar-refractivity contribution is 6.36. The molecule has 0 radical (unpaired) electrons. The molecule has 0 fully saturated rings. The second-order valence-corrected chi connectivity index (χ2v) is 8.01. The van der Waals surface area contributed by atoms with Gasteiger partial charge in [0.05, 0.1) is 33.0 Å². The third-order valence-electron chi connectivity index (χ3n) is 4.82. The van der Waals surface area contributed by atoms with Crippen LogP contribution in [-0.4, -0.2) is 28.1 Å². The van der Waals surface area contributed by atoms with E-state index in [2.05, 4.69) is 15.5 Å². The number of halogens is 3. The maximum absolute atomic E-state index is 13.3. The molecule has 0 saturated heterocycles. The summed E-state index contributed by atoms with van der Waals surface area (Å²) in [6.07, 6.45) is -1.15. The molecule has 2 heterocycles. The first kappa shape index (κ1) is 22.7. The van der Waals surface area contributed by atoms with Gasteiger partial charge < -0.3 is 14.6 Å². The van der Waals surface area contributed by atoms with Crippen LogP contribution in [0, 0.1) is 12.7 Å². The van der Waals surface area contributed by atoms with Crippen LogP contribution >= 0.6 is 23.2 Å². The van der Waals surface area contributed by atoms with Crippen molar-refractivity contribution in [3.8, 4) is 11.3 Å². The smallest absolute Gasteiger partial charge is 0.339 e. The Kier molecular flexibility index (Phi) is 6.31. The number of rotatable bonds is 5. The zero-order chi connectivity index (χ0) is 23.7.